The van der Waals surface area contributed by atoms with Gasteiger partial charge in [-0.25, -0.2) is 9.37 Å². The van der Waals surface area contributed by atoms with Gasteiger partial charge in [-0.2, -0.15) is 0 Å². The zero-order valence-corrected chi connectivity index (χ0v) is 14.1. The Morgan fingerprint density at radius 2 is 1.60 bits per heavy atom. The smallest absolute Gasteiger partial charge is 0.150 e. The van der Waals surface area contributed by atoms with Crippen LogP contribution in [0, 0.1) is 5.82 Å². The summed E-state index contributed by atoms with van der Waals surface area (Å²) < 4.78 is 14.1. The maximum Gasteiger partial charge on any atom is 0.150 e. The van der Waals surface area contributed by atoms with Crippen molar-refractivity contribution in [1.82, 2.24) is 4.98 Å². The second-order valence-electron chi connectivity index (χ2n) is 5.61. The predicted molar refractivity (Wildman–Crippen MR) is 96.9 cm³/mol. The van der Waals surface area contributed by atoms with E-state index in [1.165, 1.54) is 6.07 Å². The summed E-state index contributed by atoms with van der Waals surface area (Å²) in [5, 5.41) is 13.0. The van der Waals surface area contributed by atoms with Crippen molar-refractivity contribution in [3.8, 4) is 0 Å². The van der Waals surface area contributed by atoms with Gasteiger partial charge >= 0.3 is 0 Å². The lowest BCUT2D eigenvalue weighted by Gasteiger charge is -2.19. The fourth-order valence-corrected chi connectivity index (χ4v) is 2.99. The van der Waals surface area contributed by atoms with Crippen LogP contribution >= 0.6 is 11.6 Å². The molecule has 3 rings (SSSR count). The monoisotopic (exact) mass is 354 g/mol. The molecule has 2 aromatic carbocycles. The van der Waals surface area contributed by atoms with E-state index in [-0.39, 0.29) is 22.3 Å². The van der Waals surface area contributed by atoms with E-state index >= 15 is 0 Å². The lowest BCUT2D eigenvalue weighted by atomic mass is 9.85. The van der Waals surface area contributed by atoms with Gasteiger partial charge in [0, 0.05) is 17.9 Å². The molecular weight excluding hydrogens is 339 g/mol. The summed E-state index contributed by atoms with van der Waals surface area (Å²) in [5.41, 5.74) is 2.48. The predicted octanol–water partition coefficient (Wildman–Crippen LogP) is 5.27. The fourth-order valence-electron chi connectivity index (χ4n) is 2.83. The molecule has 5 heteroatoms. The molecule has 3 aromatic rings. The van der Waals surface area contributed by atoms with Crippen molar-refractivity contribution in [2.24, 2.45) is 5.16 Å². The molecule has 126 valence electrons. The average Bonchev–Trinajstić information content (AvgIpc) is 2.66. The van der Waals surface area contributed by atoms with Crippen molar-refractivity contribution in [3.05, 3.63) is 101 Å². The van der Waals surface area contributed by atoms with Crippen LogP contribution in [0.15, 0.2) is 78.1 Å². The zero-order valence-electron chi connectivity index (χ0n) is 13.3. The van der Waals surface area contributed by atoms with E-state index in [0.29, 0.717) is 6.42 Å². The largest absolute Gasteiger partial charge is 0.411 e. The average molecular weight is 355 g/mol. The molecule has 0 radical (unpaired) electrons. The second kappa shape index (κ2) is 7.90. The number of halogens is 2. The molecule has 0 atom stereocenters. The highest BCUT2D eigenvalue weighted by Crippen LogP contribution is 2.30. The number of nitrogens with zero attached hydrogens (tertiary/aromatic N) is 2. The van der Waals surface area contributed by atoms with E-state index in [1.54, 1.807) is 0 Å². The lowest BCUT2D eigenvalue weighted by molar-refractivity contribution is 0.317. The Labute approximate surface area is 150 Å². The second-order valence-corrected chi connectivity index (χ2v) is 6.00. The number of rotatable bonds is 5. The van der Waals surface area contributed by atoms with Crippen molar-refractivity contribution >= 4 is 17.3 Å². The van der Waals surface area contributed by atoms with Gasteiger partial charge in [-0.3, -0.25) is 0 Å². The number of aromatic nitrogens is 1. The summed E-state index contributed by atoms with van der Waals surface area (Å²) >= 11 is 5.87. The molecule has 1 N–H and O–H groups in total. The molecule has 0 spiro atoms. The molecular formula is C20H16ClFN2O. The molecule has 1 heterocycles. The fraction of sp³-hybridized carbons (Fsp3) is 0.100. The molecule has 0 aliphatic rings. The molecule has 1 aromatic heterocycles. The van der Waals surface area contributed by atoms with E-state index < -0.39 is 5.82 Å². The Hall–Kier alpha value is -2.72. The van der Waals surface area contributed by atoms with Crippen LogP contribution < -0.4 is 0 Å². The highest BCUT2D eigenvalue weighted by molar-refractivity contribution is 6.29. The van der Waals surface area contributed by atoms with Crippen LogP contribution in [0.25, 0.3) is 0 Å². The van der Waals surface area contributed by atoms with Crippen molar-refractivity contribution in [3.63, 3.8) is 0 Å². The first-order valence-corrected chi connectivity index (χ1v) is 8.19. The summed E-state index contributed by atoms with van der Waals surface area (Å²) in [6.45, 7) is 0. The molecule has 0 aliphatic carbocycles. The molecule has 0 saturated heterocycles. The summed E-state index contributed by atoms with van der Waals surface area (Å²) in [6.07, 6.45) is 1.35. The Morgan fingerprint density at radius 1 is 1.04 bits per heavy atom. The summed E-state index contributed by atoms with van der Waals surface area (Å²) in [4.78, 5) is 3.71. The van der Waals surface area contributed by atoms with Gasteiger partial charge in [0.1, 0.15) is 5.15 Å². The van der Waals surface area contributed by atoms with E-state index in [2.05, 4.69) is 10.1 Å². The number of hydrogen-bond donors (Lipinski definition) is 1. The summed E-state index contributed by atoms with van der Waals surface area (Å²) in [7, 11) is 0. The van der Waals surface area contributed by atoms with Gasteiger partial charge in [-0.05, 0) is 17.2 Å². The maximum absolute atomic E-state index is 14.1. The van der Waals surface area contributed by atoms with Crippen molar-refractivity contribution in [2.75, 3.05) is 0 Å². The van der Waals surface area contributed by atoms with Crippen LogP contribution in [0.3, 0.4) is 0 Å². The molecule has 0 amide bonds. The van der Waals surface area contributed by atoms with Gasteiger partial charge in [-0.15, -0.1) is 0 Å². The topological polar surface area (TPSA) is 45.5 Å². The van der Waals surface area contributed by atoms with Crippen LogP contribution in [0.4, 0.5) is 4.39 Å². The Bertz CT molecular complexity index is 830. The molecule has 0 unspecified atom stereocenters. The SMILES string of the molecule is O/N=C(\CC(c1ccccc1)c1ccccc1)c1cc(Cl)ncc1F. The van der Waals surface area contributed by atoms with Crippen LogP contribution in [-0.2, 0) is 0 Å². The van der Waals surface area contributed by atoms with Gasteiger partial charge in [-0.1, -0.05) is 77.4 Å². The van der Waals surface area contributed by atoms with Gasteiger partial charge in [0.15, 0.2) is 5.82 Å². The van der Waals surface area contributed by atoms with Crippen LogP contribution in [0.1, 0.15) is 29.0 Å². The first kappa shape index (κ1) is 17.1. The van der Waals surface area contributed by atoms with Crippen LogP contribution in [-0.4, -0.2) is 15.9 Å². The Morgan fingerprint density at radius 3 is 2.12 bits per heavy atom. The summed E-state index contributed by atoms with van der Waals surface area (Å²) in [5.74, 6) is -0.656. The minimum atomic E-state index is -0.572. The third kappa shape index (κ3) is 4.03. The normalized spacial score (nSPS) is 11.7. The highest BCUT2D eigenvalue weighted by Gasteiger charge is 2.20. The Balaban J connectivity index is 2.01. The number of oxime groups is 1. The Kier molecular flexibility index (Phi) is 5.41. The quantitative estimate of drug-likeness (QED) is 0.293. The molecule has 25 heavy (non-hydrogen) atoms. The van der Waals surface area contributed by atoms with Crippen molar-refractivity contribution < 1.29 is 9.60 Å². The van der Waals surface area contributed by atoms with Gasteiger partial charge in [0.2, 0.25) is 0 Å². The molecule has 0 aliphatic heterocycles. The number of benzene rings is 2. The van der Waals surface area contributed by atoms with E-state index in [0.717, 1.165) is 17.3 Å². The third-order valence-electron chi connectivity index (χ3n) is 4.05. The molecule has 0 fully saturated rings. The molecule has 0 saturated carbocycles. The first-order chi connectivity index (χ1) is 12.2. The van der Waals surface area contributed by atoms with Crippen molar-refractivity contribution in [1.29, 1.82) is 0 Å². The lowest BCUT2D eigenvalue weighted by Crippen LogP contribution is -2.12. The summed E-state index contributed by atoms with van der Waals surface area (Å²) in [6, 6.07) is 21.1. The van der Waals surface area contributed by atoms with Gasteiger partial charge < -0.3 is 5.21 Å². The maximum atomic E-state index is 14.1. The standard InChI is InChI=1S/C20H16ClFN2O/c21-20-12-17(18(22)13-23-20)19(24-25)11-16(14-7-3-1-4-8-14)15-9-5-2-6-10-15/h1-10,12-13,16,25H,11H2/b24-19+. The minimum Gasteiger partial charge on any atom is -0.411 e. The molecule has 3 nitrogen and oxygen atoms in total. The number of hydrogen-bond acceptors (Lipinski definition) is 3. The van der Waals surface area contributed by atoms with Crippen molar-refractivity contribution in [2.45, 2.75) is 12.3 Å². The molecule has 0 bridgehead atoms. The first-order valence-electron chi connectivity index (χ1n) is 7.81. The van der Waals surface area contributed by atoms with E-state index in [1.807, 2.05) is 60.7 Å². The van der Waals surface area contributed by atoms with Gasteiger partial charge in [0.25, 0.3) is 0 Å². The number of pyridine rings is 1. The van der Waals surface area contributed by atoms with E-state index in [9.17, 15) is 9.60 Å². The highest BCUT2D eigenvalue weighted by atomic mass is 35.5. The van der Waals surface area contributed by atoms with Crippen LogP contribution in [0.2, 0.25) is 5.15 Å². The van der Waals surface area contributed by atoms with Gasteiger partial charge in [0.05, 0.1) is 11.9 Å². The minimum absolute atomic E-state index is 0.0837. The van der Waals surface area contributed by atoms with Crippen LogP contribution in [0.5, 0.6) is 0 Å². The zero-order chi connectivity index (χ0) is 17.6. The third-order valence-corrected chi connectivity index (χ3v) is 4.26. The van der Waals surface area contributed by atoms with E-state index in [4.69, 9.17) is 11.6 Å².